The Balaban J connectivity index is 1.88. The molecule has 3 rings (SSSR count). The number of hydrogen-bond acceptors (Lipinski definition) is 6. The number of anilines is 1. The summed E-state index contributed by atoms with van der Waals surface area (Å²) in [6.07, 6.45) is 3.02. The quantitative estimate of drug-likeness (QED) is 0.708. The minimum Gasteiger partial charge on any atom is -0.378 e. The van der Waals surface area contributed by atoms with Gasteiger partial charge in [-0.15, -0.1) is 0 Å². The standard InChI is InChI=1S/C16H22F3N3O3S/c17-12-14(26(23,24)11-8-21-4-2-1-3-5-21)13(18)16(20-15(12)19)22-6-9-25-10-7-22/h1-11H2. The van der Waals surface area contributed by atoms with Crippen LogP contribution in [-0.4, -0.2) is 70.0 Å². The third kappa shape index (κ3) is 4.12. The van der Waals surface area contributed by atoms with Gasteiger partial charge in [-0.3, -0.25) is 0 Å². The highest BCUT2D eigenvalue weighted by Gasteiger charge is 2.33. The molecule has 2 aliphatic heterocycles. The Morgan fingerprint density at radius 2 is 1.62 bits per heavy atom. The third-order valence-electron chi connectivity index (χ3n) is 4.73. The number of piperidine rings is 1. The number of sulfone groups is 1. The highest BCUT2D eigenvalue weighted by Crippen LogP contribution is 2.29. The Labute approximate surface area is 150 Å². The number of aromatic nitrogens is 1. The third-order valence-corrected chi connectivity index (χ3v) is 6.43. The first-order chi connectivity index (χ1) is 12.4. The van der Waals surface area contributed by atoms with Crippen LogP contribution < -0.4 is 4.90 Å². The van der Waals surface area contributed by atoms with E-state index >= 15 is 0 Å². The van der Waals surface area contributed by atoms with Crippen molar-refractivity contribution in [1.82, 2.24) is 9.88 Å². The van der Waals surface area contributed by atoms with Gasteiger partial charge in [-0.2, -0.15) is 9.37 Å². The number of rotatable bonds is 5. The summed E-state index contributed by atoms with van der Waals surface area (Å²) < 4.78 is 73.1. The molecule has 0 unspecified atom stereocenters. The number of ether oxygens (including phenoxy) is 1. The second-order valence-electron chi connectivity index (χ2n) is 6.50. The van der Waals surface area contributed by atoms with Crippen LogP contribution in [0, 0.1) is 17.6 Å². The fraction of sp³-hybridized carbons (Fsp3) is 0.688. The lowest BCUT2D eigenvalue weighted by molar-refractivity contribution is 0.122. The van der Waals surface area contributed by atoms with Crippen molar-refractivity contribution in [2.24, 2.45) is 0 Å². The van der Waals surface area contributed by atoms with E-state index in [4.69, 9.17) is 4.74 Å². The van der Waals surface area contributed by atoms with E-state index in [0.29, 0.717) is 0 Å². The van der Waals surface area contributed by atoms with Gasteiger partial charge < -0.3 is 14.5 Å². The first-order valence-electron chi connectivity index (χ1n) is 8.72. The van der Waals surface area contributed by atoms with Crippen LogP contribution in [0.5, 0.6) is 0 Å². The van der Waals surface area contributed by atoms with Crippen LogP contribution in [0.3, 0.4) is 0 Å². The zero-order chi connectivity index (χ0) is 18.7. The van der Waals surface area contributed by atoms with E-state index in [9.17, 15) is 21.6 Å². The van der Waals surface area contributed by atoms with Crippen molar-refractivity contribution in [3.63, 3.8) is 0 Å². The highest BCUT2D eigenvalue weighted by molar-refractivity contribution is 7.91. The molecule has 2 aliphatic rings. The van der Waals surface area contributed by atoms with Crippen LogP contribution in [0.25, 0.3) is 0 Å². The van der Waals surface area contributed by atoms with Crippen molar-refractivity contribution in [3.8, 4) is 0 Å². The number of morpholine rings is 1. The highest BCUT2D eigenvalue weighted by atomic mass is 32.2. The van der Waals surface area contributed by atoms with E-state index in [1.54, 1.807) is 0 Å². The van der Waals surface area contributed by atoms with Crippen molar-refractivity contribution in [2.45, 2.75) is 24.2 Å². The van der Waals surface area contributed by atoms with Gasteiger partial charge in [0.2, 0.25) is 0 Å². The van der Waals surface area contributed by atoms with E-state index in [2.05, 4.69) is 4.98 Å². The molecule has 0 saturated carbocycles. The molecule has 6 nitrogen and oxygen atoms in total. The summed E-state index contributed by atoms with van der Waals surface area (Å²) in [6.45, 7) is 2.67. The van der Waals surface area contributed by atoms with Crippen molar-refractivity contribution in [3.05, 3.63) is 17.6 Å². The average molecular weight is 393 g/mol. The van der Waals surface area contributed by atoms with E-state index < -0.39 is 43.9 Å². The Bertz CT molecular complexity index is 749. The van der Waals surface area contributed by atoms with Gasteiger partial charge in [0.05, 0.1) is 19.0 Å². The maximum absolute atomic E-state index is 14.8. The fourth-order valence-corrected chi connectivity index (χ4v) is 4.70. The normalized spacial score (nSPS) is 19.7. The van der Waals surface area contributed by atoms with Crippen LogP contribution in [0.2, 0.25) is 0 Å². The molecule has 0 aromatic carbocycles. The fourth-order valence-electron chi connectivity index (χ4n) is 3.27. The lowest BCUT2D eigenvalue weighted by Crippen LogP contribution is -2.38. The second-order valence-corrected chi connectivity index (χ2v) is 8.55. The zero-order valence-corrected chi connectivity index (χ0v) is 15.2. The number of pyridine rings is 1. The molecule has 2 saturated heterocycles. The predicted molar refractivity (Wildman–Crippen MR) is 89.5 cm³/mol. The summed E-state index contributed by atoms with van der Waals surface area (Å²) in [5.41, 5.74) is 0. The number of hydrogen-bond donors (Lipinski definition) is 0. The molecule has 146 valence electrons. The van der Waals surface area contributed by atoms with E-state index in [-0.39, 0.29) is 32.8 Å². The topological polar surface area (TPSA) is 62.7 Å². The maximum Gasteiger partial charge on any atom is 0.252 e. The van der Waals surface area contributed by atoms with Crippen LogP contribution >= 0.6 is 0 Å². The smallest absolute Gasteiger partial charge is 0.252 e. The van der Waals surface area contributed by atoms with Gasteiger partial charge in [-0.1, -0.05) is 6.42 Å². The predicted octanol–water partition coefficient (Wildman–Crippen LogP) is 1.60. The summed E-state index contributed by atoms with van der Waals surface area (Å²) in [6, 6.07) is 0. The van der Waals surface area contributed by atoms with Gasteiger partial charge in [-0.25, -0.2) is 17.2 Å². The van der Waals surface area contributed by atoms with Gasteiger partial charge in [0, 0.05) is 19.6 Å². The lowest BCUT2D eigenvalue weighted by atomic mass is 10.1. The summed E-state index contributed by atoms with van der Waals surface area (Å²) in [5.74, 6) is -5.64. The van der Waals surface area contributed by atoms with Gasteiger partial charge in [0.15, 0.2) is 27.3 Å². The van der Waals surface area contributed by atoms with Crippen molar-refractivity contribution in [1.29, 1.82) is 0 Å². The molecule has 0 spiro atoms. The van der Waals surface area contributed by atoms with Gasteiger partial charge in [-0.05, 0) is 25.9 Å². The van der Waals surface area contributed by atoms with Gasteiger partial charge in [0.1, 0.15) is 4.90 Å². The molecule has 1 aromatic heterocycles. The van der Waals surface area contributed by atoms with Gasteiger partial charge in [0.25, 0.3) is 5.95 Å². The molecule has 2 fully saturated rings. The second kappa shape index (κ2) is 8.10. The molecule has 10 heteroatoms. The minimum atomic E-state index is -4.33. The summed E-state index contributed by atoms with van der Waals surface area (Å²) in [4.78, 5) is 5.39. The summed E-state index contributed by atoms with van der Waals surface area (Å²) >= 11 is 0. The molecule has 0 bridgehead atoms. The maximum atomic E-state index is 14.8. The lowest BCUT2D eigenvalue weighted by Gasteiger charge is -2.29. The average Bonchev–Trinajstić information content (AvgIpc) is 2.65. The van der Waals surface area contributed by atoms with E-state index in [1.807, 2.05) is 4.90 Å². The Morgan fingerprint density at radius 1 is 0.962 bits per heavy atom. The molecule has 0 N–H and O–H groups in total. The van der Waals surface area contributed by atoms with Crippen molar-refractivity contribution < 1.29 is 26.3 Å². The number of nitrogens with zero attached hydrogens (tertiary/aromatic N) is 3. The van der Waals surface area contributed by atoms with Crippen LogP contribution in [-0.2, 0) is 14.6 Å². The van der Waals surface area contributed by atoms with E-state index in [1.165, 1.54) is 4.90 Å². The number of halogens is 3. The molecule has 0 amide bonds. The Morgan fingerprint density at radius 3 is 2.27 bits per heavy atom. The SMILES string of the molecule is O=S(=O)(CCN1CCCCC1)c1c(F)c(F)nc(N2CCOCC2)c1F. The van der Waals surface area contributed by atoms with Crippen LogP contribution in [0.4, 0.5) is 19.0 Å². The van der Waals surface area contributed by atoms with Crippen molar-refractivity contribution in [2.75, 3.05) is 56.6 Å². The molecule has 3 heterocycles. The first-order valence-corrected chi connectivity index (χ1v) is 10.4. The number of likely N-dealkylation sites (tertiary alicyclic amines) is 1. The van der Waals surface area contributed by atoms with Gasteiger partial charge >= 0.3 is 0 Å². The minimum absolute atomic E-state index is 0.165. The van der Waals surface area contributed by atoms with Crippen molar-refractivity contribution >= 4 is 15.7 Å². The molecule has 0 radical (unpaired) electrons. The molecule has 0 aliphatic carbocycles. The molecular formula is C16H22F3N3O3S. The molecular weight excluding hydrogens is 371 g/mol. The molecule has 26 heavy (non-hydrogen) atoms. The Hall–Kier alpha value is -1.39. The largest absolute Gasteiger partial charge is 0.378 e. The Kier molecular flexibility index (Phi) is 6.03. The summed E-state index contributed by atoms with van der Waals surface area (Å²) in [7, 11) is -4.33. The molecule has 0 atom stereocenters. The van der Waals surface area contributed by atoms with E-state index in [0.717, 1.165) is 32.4 Å². The monoisotopic (exact) mass is 393 g/mol. The van der Waals surface area contributed by atoms with Crippen LogP contribution in [0.15, 0.2) is 4.90 Å². The molecule has 1 aromatic rings. The summed E-state index contributed by atoms with van der Waals surface area (Å²) in [5, 5.41) is 0. The first kappa shape index (κ1) is 19.4. The van der Waals surface area contributed by atoms with Crippen LogP contribution in [0.1, 0.15) is 19.3 Å². The zero-order valence-electron chi connectivity index (χ0n) is 14.4.